The fourth-order valence-electron chi connectivity index (χ4n) is 1.99. The van der Waals surface area contributed by atoms with Crippen LogP contribution in [0.3, 0.4) is 0 Å². The number of hydrogen-bond acceptors (Lipinski definition) is 8. The molecule has 0 aliphatic carbocycles. The van der Waals surface area contributed by atoms with E-state index in [1.165, 1.54) is 22.4 Å². The molecule has 0 unspecified atom stereocenters. The van der Waals surface area contributed by atoms with Gasteiger partial charge in [-0.3, -0.25) is 4.72 Å². The van der Waals surface area contributed by atoms with Gasteiger partial charge in [0.15, 0.2) is 0 Å². The van der Waals surface area contributed by atoms with Crippen molar-refractivity contribution >= 4 is 43.6 Å². The van der Waals surface area contributed by atoms with Crippen molar-refractivity contribution in [3.8, 4) is 0 Å². The summed E-state index contributed by atoms with van der Waals surface area (Å²) in [5, 5.41) is 14.9. The molecule has 8 nitrogen and oxygen atoms in total. The maximum Gasteiger partial charge on any atom is 0.516 e. The molecular weight excluding hydrogens is 393 g/mol. The van der Waals surface area contributed by atoms with Crippen molar-refractivity contribution < 1.29 is 21.6 Å². The lowest BCUT2D eigenvalue weighted by molar-refractivity contribution is -0.0429. The van der Waals surface area contributed by atoms with Gasteiger partial charge in [-0.15, -0.1) is 20.4 Å². The van der Waals surface area contributed by atoms with E-state index in [2.05, 4.69) is 20.4 Å². The number of anilines is 2. The zero-order chi connectivity index (χ0) is 19.4. The van der Waals surface area contributed by atoms with E-state index >= 15 is 0 Å². The second-order valence-corrected chi connectivity index (χ2v) is 7.33. The van der Waals surface area contributed by atoms with E-state index in [9.17, 15) is 21.6 Å². The Bertz CT molecular complexity index is 864. The molecule has 0 atom stereocenters. The van der Waals surface area contributed by atoms with Gasteiger partial charge in [0.1, 0.15) is 11.2 Å². The number of nitrogens with zero attached hydrogens (tertiary/aromatic N) is 5. The van der Waals surface area contributed by atoms with Gasteiger partial charge in [-0.05, 0) is 32.0 Å². The third-order valence-corrected chi connectivity index (χ3v) is 4.92. The Labute approximate surface area is 151 Å². The standard InChI is InChI=1S/C13H15F3N6O2S2/c1-3-22(4-2)9-5-6-10(18-20-12-19-17-8-25-12)11(7-9)21-26(23,24)13(14,15)16/h5-8,21H,3-4H2,1-2H3. The number of sulfonamides is 1. The molecule has 1 N–H and O–H groups in total. The molecule has 0 fully saturated rings. The van der Waals surface area contributed by atoms with Crippen LogP contribution in [0.1, 0.15) is 13.8 Å². The molecule has 0 amide bonds. The molecule has 0 radical (unpaired) electrons. The molecule has 2 aromatic rings. The highest BCUT2D eigenvalue weighted by molar-refractivity contribution is 7.93. The topological polar surface area (TPSA) is 99.9 Å². The van der Waals surface area contributed by atoms with Crippen molar-refractivity contribution in [2.24, 2.45) is 10.2 Å². The van der Waals surface area contributed by atoms with E-state index in [4.69, 9.17) is 0 Å². The van der Waals surface area contributed by atoms with Crippen molar-refractivity contribution in [2.75, 3.05) is 22.7 Å². The first-order chi connectivity index (χ1) is 12.2. The Balaban J connectivity index is 2.46. The minimum atomic E-state index is -5.60. The van der Waals surface area contributed by atoms with E-state index in [0.29, 0.717) is 18.8 Å². The number of alkyl halides is 3. The highest BCUT2D eigenvalue weighted by Gasteiger charge is 2.46. The fourth-order valence-corrected chi connectivity index (χ4v) is 2.93. The van der Waals surface area contributed by atoms with Crippen molar-refractivity contribution in [2.45, 2.75) is 19.4 Å². The summed E-state index contributed by atoms with van der Waals surface area (Å²) >= 11 is 1.07. The number of rotatable bonds is 7. The summed E-state index contributed by atoms with van der Waals surface area (Å²) in [6, 6.07) is 4.28. The van der Waals surface area contributed by atoms with E-state index in [1.54, 1.807) is 6.07 Å². The van der Waals surface area contributed by atoms with Gasteiger partial charge in [0, 0.05) is 18.8 Å². The summed E-state index contributed by atoms with van der Waals surface area (Å²) in [6.07, 6.45) is 0. The Kier molecular flexibility index (Phi) is 6.13. The summed E-state index contributed by atoms with van der Waals surface area (Å²) in [6.45, 7) is 4.92. The van der Waals surface area contributed by atoms with Crippen molar-refractivity contribution in [1.82, 2.24) is 10.2 Å². The number of azo groups is 1. The first kappa shape index (κ1) is 20.0. The molecule has 26 heavy (non-hydrogen) atoms. The quantitative estimate of drug-likeness (QED) is 0.697. The number of benzene rings is 1. The first-order valence-electron chi connectivity index (χ1n) is 7.34. The van der Waals surface area contributed by atoms with E-state index in [0.717, 1.165) is 11.3 Å². The summed E-state index contributed by atoms with van der Waals surface area (Å²) in [5.74, 6) is 0. The van der Waals surface area contributed by atoms with Crippen LogP contribution >= 0.6 is 11.3 Å². The number of nitrogens with one attached hydrogen (secondary N) is 1. The maximum absolute atomic E-state index is 12.7. The summed E-state index contributed by atoms with van der Waals surface area (Å²) < 4.78 is 62.7. The third kappa shape index (κ3) is 4.66. The predicted molar refractivity (Wildman–Crippen MR) is 92.7 cm³/mol. The molecule has 0 aliphatic rings. The van der Waals surface area contributed by atoms with Gasteiger partial charge >= 0.3 is 15.5 Å². The van der Waals surface area contributed by atoms with Crippen LogP contribution in [0.5, 0.6) is 0 Å². The lowest BCUT2D eigenvalue weighted by atomic mass is 10.2. The molecule has 13 heteroatoms. The van der Waals surface area contributed by atoms with Crippen molar-refractivity contribution in [3.63, 3.8) is 0 Å². The van der Waals surface area contributed by atoms with Gasteiger partial charge in [0.05, 0.1) is 5.69 Å². The van der Waals surface area contributed by atoms with E-state index in [-0.39, 0.29) is 16.5 Å². The maximum atomic E-state index is 12.7. The molecule has 1 aromatic carbocycles. The van der Waals surface area contributed by atoms with Crippen LogP contribution in [-0.2, 0) is 10.0 Å². The average molecular weight is 408 g/mol. The zero-order valence-electron chi connectivity index (χ0n) is 13.7. The average Bonchev–Trinajstić information content (AvgIpc) is 3.07. The smallest absolute Gasteiger partial charge is 0.372 e. The van der Waals surface area contributed by atoms with Crippen LogP contribution < -0.4 is 9.62 Å². The Morgan fingerprint density at radius 2 is 1.92 bits per heavy atom. The number of hydrogen-bond donors (Lipinski definition) is 1. The number of aromatic nitrogens is 2. The van der Waals surface area contributed by atoms with E-state index in [1.807, 2.05) is 18.7 Å². The Morgan fingerprint density at radius 3 is 2.46 bits per heavy atom. The minimum absolute atomic E-state index is 0.0797. The second-order valence-electron chi connectivity index (χ2n) is 4.85. The normalized spacial score (nSPS) is 12.5. The van der Waals surface area contributed by atoms with Gasteiger partial charge in [-0.2, -0.15) is 21.6 Å². The van der Waals surface area contributed by atoms with Gasteiger partial charge in [-0.25, -0.2) is 0 Å². The van der Waals surface area contributed by atoms with Crippen LogP contribution in [-0.4, -0.2) is 37.2 Å². The minimum Gasteiger partial charge on any atom is -0.372 e. The molecular formula is C13H15F3N6O2S2. The monoisotopic (exact) mass is 408 g/mol. The Hall–Kier alpha value is -2.28. The molecule has 0 saturated heterocycles. The number of halogens is 3. The summed E-state index contributed by atoms with van der Waals surface area (Å²) in [7, 11) is -5.60. The van der Waals surface area contributed by atoms with Crippen molar-refractivity contribution in [1.29, 1.82) is 0 Å². The van der Waals surface area contributed by atoms with Crippen LogP contribution in [0.4, 0.5) is 35.4 Å². The second kappa shape index (κ2) is 7.95. The lowest BCUT2D eigenvalue weighted by Crippen LogP contribution is -2.30. The van der Waals surface area contributed by atoms with Gasteiger partial charge in [0.25, 0.3) is 5.13 Å². The molecule has 142 valence electrons. The lowest BCUT2D eigenvalue weighted by Gasteiger charge is -2.22. The van der Waals surface area contributed by atoms with Crippen LogP contribution in [0.25, 0.3) is 0 Å². The summed E-state index contributed by atoms with van der Waals surface area (Å²) in [5.41, 5.74) is -3.91. The van der Waals surface area contributed by atoms with Crippen LogP contribution in [0, 0.1) is 0 Å². The molecule has 0 spiro atoms. The van der Waals surface area contributed by atoms with Crippen molar-refractivity contribution in [3.05, 3.63) is 23.7 Å². The molecule has 1 heterocycles. The molecule has 2 rings (SSSR count). The van der Waals surface area contributed by atoms with Gasteiger partial charge < -0.3 is 4.90 Å². The highest BCUT2D eigenvalue weighted by atomic mass is 32.2. The zero-order valence-corrected chi connectivity index (χ0v) is 15.4. The Morgan fingerprint density at radius 1 is 1.23 bits per heavy atom. The molecule has 0 bridgehead atoms. The van der Waals surface area contributed by atoms with Gasteiger partial charge in [-0.1, -0.05) is 11.3 Å². The largest absolute Gasteiger partial charge is 0.516 e. The SMILES string of the molecule is CCN(CC)c1ccc(N=Nc2nncs2)c(NS(=O)(=O)C(F)(F)F)c1. The third-order valence-electron chi connectivity index (χ3n) is 3.25. The van der Waals surface area contributed by atoms with E-state index < -0.39 is 15.5 Å². The van der Waals surface area contributed by atoms with Crippen LogP contribution in [0.2, 0.25) is 0 Å². The molecule has 0 saturated carbocycles. The predicted octanol–water partition coefficient (Wildman–Crippen LogP) is 4.06. The highest BCUT2D eigenvalue weighted by Crippen LogP contribution is 2.35. The van der Waals surface area contributed by atoms with Gasteiger partial charge in [0.2, 0.25) is 0 Å². The first-order valence-corrected chi connectivity index (χ1v) is 9.70. The fraction of sp³-hybridized carbons (Fsp3) is 0.385. The summed E-state index contributed by atoms with van der Waals surface area (Å²) in [4.78, 5) is 1.84. The van der Waals surface area contributed by atoms with Crippen LogP contribution in [0.15, 0.2) is 33.9 Å². The molecule has 0 aliphatic heterocycles. The molecule has 1 aromatic heterocycles.